The van der Waals surface area contributed by atoms with Gasteiger partial charge in [0.1, 0.15) is 0 Å². The van der Waals surface area contributed by atoms with Crippen molar-refractivity contribution in [2.24, 2.45) is 0 Å². The van der Waals surface area contributed by atoms with Crippen molar-refractivity contribution < 1.29 is 4.79 Å². The Morgan fingerprint density at radius 2 is 1.12 bits per heavy atom. The molecule has 0 amide bonds. The van der Waals surface area contributed by atoms with Gasteiger partial charge in [0.05, 0.1) is 0 Å². The van der Waals surface area contributed by atoms with Gasteiger partial charge in [-0.25, -0.2) is 0 Å². The van der Waals surface area contributed by atoms with E-state index >= 15 is 0 Å². The molecular weight excluding hydrogens is 414 g/mol. The number of carbonyl (C=O) groups is 1. The molecule has 4 rings (SSSR count). The molecule has 1 saturated heterocycles. The summed E-state index contributed by atoms with van der Waals surface area (Å²) in [5.74, 6) is 1.15. The number of ketones is 1. The lowest BCUT2D eigenvalue weighted by Crippen LogP contribution is -2.37. The van der Waals surface area contributed by atoms with E-state index in [0.29, 0.717) is 24.9 Å². The molecule has 0 atom stereocenters. The number of nitrogens with zero attached hydrogens (tertiary/aromatic N) is 1. The van der Waals surface area contributed by atoms with Gasteiger partial charge in [-0.05, 0) is 51.8 Å². The minimum Gasteiger partial charge on any atom is -0.290 e. The van der Waals surface area contributed by atoms with Gasteiger partial charge in [-0.3, -0.25) is 9.69 Å². The molecule has 0 N–H and O–H groups in total. The number of benzene rings is 3. The molecule has 1 aliphatic heterocycles. The summed E-state index contributed by atoms with van der Waals surface area (Å²) >= 11 is 0. The highest BCUT2D eigenvalue weighted by atomic mass is 16.1. The van der Waals surface area contributed by atoms with Crippen LogP contribution in [0.4, 0.5) is 0 Å². The molecule has 2 nitrogen and oxygen atoms in total. The SMILES string of the molecule is CC(C)c1ccc(/C=C2/CN(Cc3ccccc3)C/C(=C\c3ccc(C(C)C)cc3)C2=O)cc1. The van der Waals surface area contributed by atoms with Gasteiger partial charge < -0.3 is 0 Å². The average molecular weight is 450 g/mol. The topological polar surface area (TPSA) is 20.3 Å². The van der Waals surface area contributed by atoms with E-state index in [2.05, 4.69) is 118 Å². The van der Waals surface area contributed by atoms with Crippen LogP contribution in [0.1, 0.15) is 67.3 Å². The van der Waals surface area contributed by atoms with Crippen molar-refractivity contribution in [1.29, 1.82) is 0 Å². The van der Waals surface area contributed by atoms with Crippen LogP contribution in [0.25, 0.3) is 12.2 Å². The standard InChI is InChI=1S/C32H35NO/c1-23(2)28-14-10-25(11-15-28)18-30-21-33(20-27-8-6-5-7-9-27)22-31(32(30)34)19-26-12-16-29(17-13-26)24(3)4/h5-19,23-24H,20-22H2,1-4H3/b30-18-,31-19+. The summed E-state index contributed by atoms with van der Waals surface area (Å²) in [6.45, 7) is 10.9. The Bertz CT molecular complexity index is 1090. The summed E-state index contributed by atoms with van der Waals surface area (Å²) in [6, 6.07) is 27.7. The predicted molar refractivity (Wildman–Crippen MR) is 144 cm³/mol. The van der Waals surface area contributed by atoms with E-state index in [1.54, 1.807) is 0 Å². The smallest absolute Gasteiger partial charge is 0.187 e. The molecule has 1 heterocycles. The molecule has 0 unspecified atom stereocenters. The van der Waals surface area contributed by atoms with E-state index in [-0.39, 0.29) is 5.78 Å². The summed E-state index contributed by atoms with van der Waals surface area (Å²) in [7, 11) is 0. The Labute approximate surface area is 204 Å². The molecule has 2 heteroatoms. The van der Waals surface area contributed by atoms with Crippen LogP contribution < -0.4 is 0 Å². The number of Topliss-reactive ketones (excluding diaryl/α,β-unsaturated/α-hetero) is 1. The fraction of sp³-hybridized carbons (Fsp3) is 0.281. The van der Waals surface area contributed by atoms with Crippen molar-refractivity contribution in [2.75, 3.05) is 13.1 Å². The van der Waals surface area contributed by atoms with E-state index in [0.717, 1.165) is 28.8 Å². The zero-order valence-electron chi connectivity index (χ0n) is 20.8. The van der Waals surface area contributed by atoms with Crippen LogP contribution in [0, 0.1) is 0 Å². The highest BCUT2D eigenvalue weighted by molar-refractivity contribution is 6.14. The van der Waals surface area contributed by atoms with E-state index < -0.39 is 0 Å². The Balaban J connectivity index is 1.65. The third-order valence-corrected chi connectivity index (χ3v) is 6.51. The van der Waals surface area contributed by atoms with Crippen molar-refractivity contribution >= 4 is 17.9 Å². The van der Waals surface area contributed by atoms with E-state index in [1.165, 1.54) is 16.7 Å². The summed E-state index contributed by atoms with van der Waals surface area (Å²) in [5, 5.41) is 0. The van der Waals surface area contributed by atoms with Crippen LogP contribution in [-0.2, 0) is 11.3 Å². The summed E-state index contributed by atoms with van der Waals surface area (Å²) in [4.78, 5) is 15.9. The fourth-order valence-corrected chi connectivity index (χ4v) is 4.42. The Kier molecular flexibility index (Phi) is 7.59. The second kappa shape index (κ2) is 10.8. The van der Waals surface area contributed by atoms with Crippen LogP contribution in [0.2, 0.25) is 0 Å². The average Bonchev–Trinajstić information content (AvgIpc) is 2.83. The number of likely N-dealkylation sites (tertiary alicyclic amines) is 1. The molecule has 0 aromatic heterocycles. The minimum atomic E-state index is 0.158. The highest BCUT2D eigenvalue weighted by Crippen LogP contribution is 2.25. The molecule has 174 valence electrons. The van der Waals surface area contributed by atoms with Crippen molar-refractivity contribution in [3.63, 3.8) is 0 Å². The van der Waals surface area contributed by atoms with Crippen LogP contribution >= 0.6 is 0 Å². The molecule has 1 aliphatic rings. The summed E-state index contributed by atoms with van der Waals surface area (Å²) < 4.78 is 0. The molecule has 0 saturated carbocycles. The molecule has 0 bridgehead atoms. The maximum absolute atomic E-state index is 13.5. The van der Waals surface area contributed by atoms with Gasteiger partial charge in [-0.1, -0.05) is 107 Å². The van der Waals surface area contributed by atoms with Crippen molar-refractivity contribution in [2.45, 2.75) is 46.1 Å². The Morgan fingerprint density at radius 3 is 1.53 bits per heavy atom. The van der Waals surface area contributed by atoms with Crippen LogP contribution in [-0.4, -0.2) is 23.8 Å². The van der Waals surface area contributed by atoms with Crippen molar-refractivity contribution in [3.05, 3.63) is 118 Å². The summed E-state index contributed by atoms with van der Waals surface area (Å²) in [6.07, 6.45) is 4.14. The normalized spacial score (nSPS) is 17.3. The lowest BCUT2D eigenvalue weighted by atomic mass is 9.93. The fourth-order valence-electron chi connectivity index (χ4n) is 4.42. The first-order chi connectivity index (χ1) is 16.4. The Morgan fingerprint density at radius 1 is 0.676 bits per heavy atom. The first kappa shape index (κ1) is 23.9. The number of hydrogen-bond donors (Lipinski definition) is 0. The molecule has 0 radical (unpaired) electrons. The van der Waals surface area contributed by atoms with Crippen LogP contribution in [0.3, 0.4) is 0 Å². The molecule has 34 heavy (non-hydrogen) atoms. The molecule has 1 fully saturated rings. The first-order valence-corrected chi connectivity index (χ1v) is 12.3. The lowest BCUT2D eigenvalue weighted by molar-refractivity contribution is -0.113. The predicted octanol–water partition coefficient (Wildman–Crippen LogP) is 7.49. The lowest BCUT2D eigenvalue weighted by Gasteiger charge is -2.30. The third kappa shape index (κ3) is 6.01. The van der Waals surface area contributed by atoms with Crippen LogP contribution in [0.5, 0.6) is 0 Å². The maximum Gasteiger partial charge on any atom is 0.187 e. The van der Waals surface area contributed by atoms with Crippen molar-refractivity contribution in [3.8, 4) is 0 Å². The zero-order chi connectivity index (χ0) is 24.1. The Hall–Kier alpha value is -3.23. The zero-order valence-corrected chi connectivity index (χ0v) is 20.8. The van der Waals surface area contributed by atoms with E-state index in [9.17, 15) is 4.79 Å². The van der Waals surface area contributed by atoms with Gasteiger partial charge in [-0.2, -0.15) is 0 Å². The molecule has 0 aliphatic carbocycles. The second-order valence-electron chi connectivity index (χ2n) is 9.94. The second-order valence-corrected chi connectivity index (χ2v) is 9.94. The summed E-state index contributed by atoms with van der Waals surface area (Å²) in [5.41, 5.74) is 7.75. The molecule has 3 aromatic rings. The van der Waals surface area contributed by atoms with Crippen molar-refractivity contribution in [1.82, 2.24) is 4.90 Å². The van der Waals surface area contributed by atoms with Gasteiger partial charge in [0, 0.05) is 30.8 Å². The van der Waals surface area contributed by atoms with E-state index in [1.807, 2.05) is 6.07 Å². The minimum absolute atomic E-state index is 0.158. The van der Waals surface area contributed by atoms with Gasteiger partial charge in [0.15, 0.2) is 5.78 Å². The highest BCUT2D eigenvalue weighted by Gasteiger charge is 2.26. The van der Waals surface area contributed by atoms with Crippen LogP contribution in [0.15, 0.2) is 90.0 Å². The third-order valence-electron chi connectivity index (χ3n) is 6.51. The largest absolute Gasteiger partial charge is 0.290 e. The number of hydrogen-bond acceptors (Lipinski definition) is 2. The molecular formula is C32H35NO. The quantitative estimate of drug-likeness (QED) is 0.363. The molecule has 0 spiro atoms. The van der Waals surface area contributed by atoms with Gasteiger partial charge >= 0.3 is 0 Å². The first-order valence-electron chi connectivity index (χ1n) is 12.3. The van der Waals surface area contributed by atoms with Gasteiger partial charge in [0.2, 0.25) is 0 Å². The number of rotatable bonds is 6. The van der Waals surface area contributed by atoms with Gasteiger partial charge in [0.25, 0.3) is 0 Å². The van der Waals surface area contributed by atoms with E-state index in [4.69, 9.17) is 0 Å². The monoisotopic (exact) mass is 449 g/mol. The number of piperidine rings is 1. The number of carbonyl (C=O) groups excluding carboxylic acids is 1. The maximum atomic E-state index is 13.5. The molecule has 3 aromatic carbocycles. The van der Waals surface area contributed by atoms with Gasteiger partial charge in [-0.15, -0.1) is 0 Å².